The maximum absolute atomic E-state index is 12.2. The number of morpholine rings is 1. The number of rotatable bonds is 5. The Labute approximate surface area is 125 Å². The molecular weight excluding hydrogens is 270 g/mol. The van der Waals surface area contributed by atoms with Gasteiger partial charge in [0.1, 0.15) is 17.4 Å². The van der Waals surface area contributed by atoms with Crippen LogP contribution >= 0.6 is 0 Å². The molecule has 0 radical (unpaired) electrons. The molecule has 1 aliphatic heterocycles. The molecule has 0 aromatic carbocycles. The smallest absolute Gasteiger partial charge is 0.324 e. The monoisotopic (exact) mass is 293 g/mol. The number of nitrogens with zero attached hydrogens (tertiary/aromatic N) is 3. The maximum atomic E-state index is 12.2. The van der Waals surface area contributed by atoms with Gasteiger partial charge in [-0.15, -0.1) is 0 Å². The molecule has 0 amide bonds. The van der Waals surface area contributed by atoms with Crippen LogP contribution in [0, 0.1) is 0 Å². The van der Waals surface area contributed by atoms with Gasteiger partial charge in [-0.1, -0.05) is 6.92 Å². The first-order valence-corrected chi connectivity index (χ1v) is 7.28. The van der Waals surface area contributed by atoms with Gasteiger partial charge < -0.3 is 4.74 Å². The zero-order chi connectivity index (χ0) is 15.6. The minimum Gasteiger partial charge on any atom is -0.457 e. The van der Waals surface area contributed by atoms with Crippen molar-refractivity contribution >= 4 is 11.8 Å². The number of carbonyl (C=O) groups is 2. The van der Waals surface area contributed by atoms with Crippen LogP contribution in [-0.2, 0) is 27.8 Å². The van der Waals surface area contributed by atoms with Crippen molar-refractivity contribution in [2.24, 2.45) is 7.05 Å². The van der Waals surface area contributed by atoms with E-state index in [4.69, 9.17) is 4.74 Å². The summed E-state index contributed by atoms with van der Waals surface area (Å²) in [6.07, 6.45) is 2.15. The third-order valence-electron chi connectivity index (χ3n) is 3.80. The summed E-state index contributed by atoms with van der Waals surface area (Å²) in [5, 5.41) is 4.04. The van der Waals surface area contributed by atoms with Crippen LogP contribution in [0.3, 0.4) is 0 Å². The molecular formula is C15H23N3O3. The van der Waals surface area contributed by atoms with Gasteiger partial charge in [0, 0.05) is 38.3 Å². The van der Waals surface area contributed by atoms with Gasteiger partial charge in [-0.3, -0.25) is 19.2 Å². The molecule has 0 bridgehead atoms. The summed E-state index contributed by atoms with van der Waals surface area (Å²) < 4.78 is 7.11. The number of ether oxygens (including phenoxy) is 1. The Balaban J connectivity index is 2.02. The number of hydrogen-bond donors (Lipinski definition) is 0. The van der Waals surface area contributed by atoms with Crippen LogP contribution in [0.2, 0.25) is 0 Å². The Kier molecular flexibility index (Phi) is 4.46. The molecule has 0 saturated carbocycles. The van der Waals surface area contributed by atoms with Crippen molar-refractivity contribution in [1.29, 1.82) is 0 Å². The molecule has 6 nitrogen and oxygen atoms in total. The molecule has 2 rings (SSSR count). The van der Waals surface area contributed by atoms with Crippen molar-refractivity contribution in [3.8, 4) is 0 Å². The normalized spacial score (nSPS) is 22.1. The minimum atomic E-state index is -0.491. The van der Waals surface area contributed by atoms with E-state index in [0.717, 1.165) is 12.2 Å². The van der Waals surface area contributed by atoms with Crippen molar-refractivity contribution in [2.45, 2.75) is 45.3 Å². The van der Waals surface area contributed by atoms with E-state index < -0.39 is 11.6 Å². The van der Waals surface area contributed by atoms with Gasteiger partial charge in [-0.25, -0.2) is 0 Å². The topological polar surface area (TPSA) is 64.4 Å². The quantitative estimate of drug-likeness (QED) is 0.756. The summed E-state index contributed by atoms with van der Waals surface area (Å²) in [4.78, 5) is 26.4. The number of Topliss-reactive ketones (excluding diaryl/α,β-unsaturated/α-hetero) is 1. The van der Waals surface area contributed by atoms with E-state index in [1.54, 1.807) is 17.9 Å². The molecule has 1 fully saturated rings. The SMILES string of the molecule is CCN1CC(C)(C)OC(=O)C1CC(=O)Cc1ccnn1C. The van der Waals surface area contributed by atoms with Crippen LogP contribution in [0.15, 0.2) is 12.3 Å². The number of hydrogen-bond acceptors (Lipinski definition) is 5. The van der Waals surface area contributed by atoms with Crippen LogP contribution in [0.1, 0.15) is 32.9 Å². The van der Waals surface area contributed by atoms with E-state index in [1.807, 2.05) is 31.7 Å². The highest BCUT2D eigenvalue weighted by molar-refractivity contribution is 5.88. The molecule has 0 spiro atoms. The van der Waals surface area contributed by atoms with E-state index in [1.165, 1.54) is 0 Å². The zero-order valence-electron chi connectivity index (χ0n) is 13.1. The van der Waals surface area contributed by atoms with Gasteiger partial charge >= 0.3 is 5.97 Å². The van der Waals surface area contributed by atoms with Crippen molar-refractivity contribution in [3.05, 3.63) is 18.0 Å². The lowest BCUT2D eigenvalue weighted by molar-refractivity contribution is -0.178. The number of aromatic nitrogens is 2. The first kappa shape index (κ1) is 15.7. The lowest BCUT2D eigenvalue weighted by Crippen LogP contribution is -2.57. The Bertz CT molecular complexity index is 536. The standard InChI is InChI=1S/C15H23N3O3/c1-5-18-10-15(2,3)21-14(20)13(18)9-12(19)8-11-6-7-16-17(11)4/h6-7,13H,5,8-10H2,1-4H3. The van der Waals surface area contributed by atoms with Crippen LogP contribution in [0.25, 0.3) is 0 Å². The Hall–Kier alpha value is -1.69. The van der Waals surface area contributed by atoms with Crippen LogP contribution in [-0.4, -0.2) is 51.2 Å². The van der Waals surface area contributed by atoms with Crippen molar-refractivity contribution in [1.82, 2.24) is 14.7 Å². The van der Waals surface area contributed by atoms with E-state index in [2.05, 4.69) is 5.10 Å². The van der Waals surface area contributed by atoms with E-state index >= 15 is 0 Å². The number of carbonyl (C=O) groups excluding carboxylic acids is 2. The number of esters is 1. The molecule has 2 heterocycles. The van der Waals surface area contributed by atoms with E-state index in [-0.39, 0.29) is 18.2 Å². The molecule has 1 aromatic heterocycles. The van der Waals surface area contributed by atoms with Crippen molar-refractivity contribution < 1.29 is 14.3 Å². The first-order valence-electron chi connectivity index (χ1n) is 7.28. The zero-order valence-corrected chi connectivity index (χ0v) is 13.1. The maximum Gasteiger partial charge on any atom is 0.324 e. The molecule has 1 saturated heterocycles. The molecule has 1 atom stereocenters. The van der Waals surface area contributed by atoms with Crippen molar-refractivity contribution in [2.75, 3.05) is 13.1 Å². The van der Waals surface area contributed by atoms with Crippen molar-refractivity contribution in [3.63, 3.8) is 0 Å². The second-order valence-corrected chi connectivity index (χ2v) is 6.13. The third kappa shape index (κ3) is 3.69. The Morgan fingerprint density at radius 1 is 1.52 bits per heavy atom. The Morgan fingerprint density at radius 3 is 2.81 bits per heavy atom. The second-order valence-electron chi connectivity index (χ2n) is 6.13. The lowest BCUT2D eigenvalue weighted by atomic mass is 9.99. The van der Waals surface area contributed by atoms with Gasteiger partial charge in [0.2, 0.25) is 0 Å². The van der Waals surface area contributed by atoms with Crippen LogP contribution < -0.4 is 0 Å². The summed E-state index contributed by atoms with van der Waals surface area (Å²) in [5.74, 6) is -0.273. The average molecular weight is 293 g/mol. The predicted molar refractivity (Wildman–Crippen MR) is 77.7 cm³/mol. The fourth-order valence-corrected chi connectivity index (χ4v) is 2.73. The molecule has 116 valence electrons. The molecule has 21 heavy (non-hydrogen) atoms. The highest BCUT2D eigenvalue weighted by Gasteiger charge is 2.40. The highest BCUT2D eigenvalue weighted by atomic mass is 16.6. The lowest BCUT2D eigenvalue weighted by Gasteiger charge is -2.41. The van der Waals surface area contributed by atoms with Gasteiger partial charge in [0.25, 0.3) is 0 Å². The summed E-state index contributed by atoms with van der Waals surface area (Å²) >= 11 is 0. The largest absolute Gasteiger partial charge is 0.457 e. The Morgan fingerprint density at radius 2 is 2.24 bits per heavy atom. The van der Waals surface area contributed by atoms with E-state index in [0.29, 0.717) is 13.0 Å². The molecule has 1 unspecified atom stereocenters. The predicted octanol–water partition coefficient (Wildman–Crippen LogP) is 0.948. The molecule has 0 aliphatic carbocycles. The molecule has 6 heteroatoms. The third-order valence-corrected chi connectivity index (χ3v) is 3.80. The fourth-order valence-electron chi connectivity index (χ4n) is 2.73. The highest BCUT2D eigenvalue weighted by Crippen LogP contribution is 2.23. The van der Waals surface area contributed by atoms with Crippen LogP contribution in [0.4, 0.5) is 0 Å². The van der Waals surface area contributed by atoms with Crippen LogP contribution in [0.5, 0.6) is 0 Å². The second kappa shape index (κ2) is 5.97. The van der Waals surface area contributed by atoms with Gasteiger partial charge in [-0.2, -0.15) is 5.10 Å². The summed E-state index contributed by atoms with van der Waals surface area (Å²) in [6, 6.07) is 1.35. The number of cyclic esters (lactones) is 1. The fraction of sp³-hybridized carbons (Fsp3) is 0.667. The first-order chi connectivity index (χ1) is 9.82. The summed E-state index contributed by atoms with van der Waals surface area (Å²) in [7, 11) is 1.80. The molecule has 1 aromatic rings. The summed E-state index contributed by atoms with van der Waals surface area (Å²) in [6.45, 7) is 7.15. The summed E-state index contributed by atoms with van der Waals surface area (Å²) in [5.41, 5.74) is 0.363. The van der Waals surface area contributed by atoms with Gasteiger partial charge in [0.05, 0.1) is 0 Å². The van der Waals surface area contributed by atoms with Gasteiger partial charge in [0.15, 0.2) is 0 Å². The number of likely N-dealkylation sites (N-methyl/N-ethyl adjacent to an activating group) is 1. The number of ketones is 1. The average Bonchev–Trinajstić information content (AvgIpc) is 2.77. The van der Waals surface area contributed by atoms with E-state index in [9.17, 15) is 9.59 Å². The van der Waals surface area contributed by atoms with Gasteiger partial charge in [-0.05, 0) is 26.5 Å². The number of aryl methyl sites for hydroxylation is 1. The molecule has 0 N–H and O–H groups in total. The molecule has 1 aliphatic rings. The minimum absolute atomic E-state index is 0.0266.